The number of thiocarbonyl (C=S) groups is 1. The Morgan fingerprint density at radius 1 is 1.50 bits per heavy atom. The van der Waals surface area contributed by atoms with Gasteiger partial charge < -0.3 is 10.6 Å². The Labute approximate surface area is 89.2 Å². The third kappa shape index (κ3) is 3.66. The second-order valence-corrected chi connectivity index (χ2v) is 3.39. The molecule has 1 aromatic rings. The van der Waals surface area contributed by atoms with Crippen LogP contribution in [0.5, 0.6) is 0 Å². The summed E-state index contributed by atoms with van der Waals surface area (Å²) in [5.74, 6) is 0.522. The molecule has 2 N–H and O–H groups in total. The van der Waals surface area contributed by atoms with Crippen molar-refractivity contribution < 1.29 is 0 Å². The van der Waals surface area contributed by atoms with Crippen LogP contribution in [0.2, 0.25) is 0 Å². The molecule has 1 rings (SSSR count). The molecule has 76 valence electrons. The van der Waals surface area contributed by atoms with Gasteiger partial charge in [-0.15, -0.1) is 0 Å². The van der Waals surface area contributed by atoms with Gasteiger partial charge in [0.2, 0.25) is 5.95 Å². The molecule has 5 heteroatoms. The quantitative estimate of drug-likeness (QED) is 0.741. The Bertz CT molecular complexity index is 288. The zero-order valence-electron chi connectivity index (χ0n) is 8.32. The molecule has 0 saturated heterocycles. The van der Waals surface area contributed by atoms with Crippen molar-refractivity contribution in [2.75, 3.05) is 5.32 Å². The van der Waals surface area contributed by atoms with Crippen LogP contribution in [-0.2, 0) is 0 Å². The summed E-state index contributed by atoms with van der Waals surface area (Å²) < 4.78 is 0. The molecule has 1 aromatic heterocycles. The highest BCUT2D eigenvalue weighted by Crippen LogP contribution is 1.95. The standard InChI is InChI=1S/C9H14N4S/c1-3-7(2)12-9(14)13-8-10-5-4-6-11-8/h4-7H,3H2,1-2H3,(H2,10,11,12,13,14)/t7-/m0/s1. The minimum atomic E-state index is 0.360. The molecule has 0 radical (unpaired) electrons. The normalized spacial score (nSPS) is 11.9. The van der Waals surface area contributed by atoms with Crippen LogP contribution in [0.15, 0.2) is 18.5 Å². The monoisotopic (exact) mass is 210 g/mol. The molecular weight excluding hydrogens is 196 g/mol. The summed E-state index contributed by atoms with van der Waals surface area (Å²) in [5, 5.41) is 6.58. The highest BCUT2D eigenvalue weighted by molar-refractivity contribution is 7.80. The molecule has 1 atom stereocenters. The fraction of sp³-hybridized carbons (Fsp3) is 0.444. The average Bonchev–Trinajstić information content (AvgIpc) is 2.19. The van der Waals surface area contributed by atoms with Crippen LogP contribution in [0.3, 0.4) is 0 Å². The van der Waals surface area contributed by atoms with Crippen molar-refractivity contribution in [3.05, 3.63) is 18.5 Å². The minimum Gasteiger partial charge on any atom is -0.360 e. The predicted molar refractivity (Wildman–Crippen MR) is 61.1 cm³/mol. The smallest absolute Gasteiger partial charge is 0.228 e. The van der Waals surface area contributed by atoms with E-state index in [0.717, 1.165) is 6.42 Å². The maximum absolute atomic E-state index is 5.08. The Hall–Kier alpha value is -1.23. The summed E-state index contributed by atoms with van der Waals surface area (Å²) in [6, 6.07) is 2.12. The molecule has 0 spiro atoms. The van der Waals surface area contributed by atoms with E-state index in [0.29, 0.717) is 17.1 Å². The molecule has 0 unspecified atom stereocenters. The van der Waals surface area contributed by atoms with E-state index in [1.165, 1.54) is 0 Å². The van der Waals surface area contributed by atoms with Crippen LogP contribution in [0.1, 0.15) is 20.3 Å². The molecule has 0 amide bonds. The van der Waals surface area contributed by atoms with E-state index in [1.54, 1.807) is 18.5 Å². The molecule has 0 aliphatic carbocycles. The first-order valence-corrected chi connectivity index (χ1v) is 4.97. The van der Waals surface area contributed by atoms with Gasteiger partial charge in [-0.2, -0.15) is 0 Å². The fourth-order valence-electron chi connectivity index (χ4n) is 0.827. The highest BCUT2D eigenvalue weighted by atomic mass is 32.1. The van der Waals surface area contributed by atoms with Gasteiger partial charge in [-0.05, 0) is 31.6 Å². The molecule has 4 nitrogen and oxygen atoms in total. The summed E-state index contributed by atoms with van der Waals surface area (Å²) in [6.45, 7) is 4.17. The molecule has 0 aromatic carbocycles. The third-order valence-corrected chi connectivity index (χ3v) is 2.00. The van der Waals surface area contributed by atoms with Crippen molar-refractivity contribution >= 4 is 23.3 Å². The summed E-state index contributed by atoms with van der Waals surface area (Å²) >= 11 is 5.08. The van der Waals surface area contributed by atoms with Crippen LogP contribution >= 0.6 is 12.2 Å². The molecule has 0 bridgehead atoms. The van der Waals surface area contributed by atoms with E-state index in [9.17, 15) is 0 Å². The van der Waals surface area contributed by atoms with Crippen molar-refractivity contribution in [1.82, 2.24) is 15.3 Å². The van der Waals surface area contributed by atoms with E-state index in [4.69, 9.17) is 12.2 Å². The molecule has 0 saturated carbocycles. The Morgan fingerprint density at radius 2 is 2.14 bits per heavy atom. The van der Waals surface area contributed by atoms with E-state index in [1.807, 2.05) is 0 Å². The zero-order valence-corrected chi connectivity index (χ0v) is 9.14. The van der Waals surface area contributed by atoms with Gasteiger partial charge >= 0.3 is 0 Å². The SMILES string of the molecule is CC[C@H](C)NC(=S)Nc1ncccn1. The van der Waals surface area contributed by atoms with Gasteiger partial charge in [0.15, 0.2) is 5.11 Å². The van der Waals surface area contributed by atoms with Crippen molar-refractivity contribution in [2.45, 2.75) is 26.3 Å². The van der Waals surface area contributed by atoms with Gasteiger partial charge in [0, 0.05) is 18.4 Å². The lowest BCUT2D eigenvalue weighted by molar-refractivity contribution is 0.645. The first-order chi connectivity index (χ1) is 6.72. The van der Waals surface area contributed by atoms with Crippen LogP contribution in [-0.4, -0.2) is 21.1 Å². The second-order valence-electron chi connectivity index (χ2n) is 2.98. The topological polar surface area (TPSA) is 49.8 Å². The van der Waals surface area contributed by atoms with Crippen LogP contribution < -0.4 is 10.6 Å². The predicted octanol–water partition coefficient (Wildman–Crippen LogP) is 1.56. The van der Waals surface area contributed by atoms with Gasteiger partial charge in [0.25, 0.3) is 0 Å². The van der Waals surface area contributed by atoms with Crippen LogP contribution in [0.4, 0.5) is 5.95 Å². The summed E-state index contributed by atoms with van der Waals surface area (Å²) in [4.78, 5) is 8.00. The number of hydrogen-bond acceptors (Lipinski definition) is 3. The molecule has 0 fully saturated rings. The van der Waals surface area contributed by atoms with Gasteiger partial charge in [0.05, 0.1) is 0 Å². The van der Waals surface area contributed by atoms with Crippen molar-refractivity contribution in [3.63, 3.8) is 0 Å². The number of anilines is 1. The van der Waals surface area contributed by atoms with Gasteiger partial charge in [-0.3, -0.25) is 0 Å². The Morgan fingerprint density at radius 3 is 2.71 bits per heavy atom. The minimum absolute atomic E-state index is 0.360. The second kappa shape index (κ2) is 5.49. The third-order valence-electron chi connectivity index (χ3n) is 1.78. The van der Waals surface area contributed by atoms with E-state index in [2.05, 4.69) is 34.4 Å². The van der Waals surface area contributed by atoms with Gasteiger partial charge in [0.1, 0.15) is 0 Å². The highest BCUT2D eigenvalue weighted by Gasteiger charge is 2.02. The van der Waals surface area contributed by atoms with Crippen molar-refractivity contribution in [3.8, 4) is 0 Å². The lowest BCUT2D eigenvalue weighted by Crippen LogP contribution is -2.35. The Kier molecular flexibility index (Phi) is 4.25. The number of hydrogen-bond donors (Lipinski definition) is 2. The molecule has 14 heavy (non-hydrogen) atoms. The van der Waals surface area contributed by atoms with Crippen molar-refractivity contribution in [1.29, 1.82) is 0 Å². The fourth-order valence-corrected chi connectivity index (χ4v) is 1.12. The summed E-state index contributed by atoms with van der Waals surface area (Å²) in [5.41, 5.74) is 0. The molecule has 0 aliphatic rings. The number of aromatic nitrogens is 2. The summed E-state index contributed by atoms with van der Waals surface area (Å²) in [6.07, 6.45) is 4.36. The number of rotatable bonds is 3. The van der Waals surface area contributed by atoms with Crippen LogP contribution in [0.25, 0.3) is 0 Å². The van der Waals surface area contributed by atoms with E-state index >= 15 is 0 Å². The first kappa shape index (κ1) is 10.8. The number of nitrogens with one attached hydrogen (secondary N) is 2. The first-order valence-electron chi connectivity index (χ1n) is 4.57. The maximum atomic E-state index is 5.08. The zero-order chi connectivity index (χ0) is 10.4. The van der Waals surface area contributed by atoms with Gasteiger partial charge in [-0.1, -0.05) is 6.92 Å². The maximum Gasteiger partial charge on any atom is 0.228 e. The lowest BCUT2D eigenvalue weighted by atomic mass is 10.3. The van der Waals surface area contributed by atoms with Crippen molar-refractivity contribution in [2.24, 2.45) is 0 Å². The average molecular weight is 210 g/mol. The molecular formula is C9H14N4S. The van der Waals surface area contributed by atoms with Crippen LogP contribution in [0, 0.1) is 0 Å². The van der Waals surface area contributed by atoms with E-state index < -0.39 is 0 Å². The molecule has 1 heterocycles. The lowest BCUT2D eigenvalue weighted by Gasteiger charge is -2.13. The van der Waals surface area contributed by atoms with E-state index in [-0.39, 0.29) is 0 Å². The largest absolute Gasteiger partial charge is 0.360 e. The number of nitrogens with zero attached hydrogens (tertiary/aromatic N) is 2. The van der Waals surface area contributed by atoms with Gasteiger partial charge in [-0.25, -0.2) is 9.97 Å². The molecule has 0 aliphatic heterocycles. The Balaban J connectivity index is 2.42. The summed E-state index contributed by atoms with van der Waals surface area (Å²) in [7, 11) is 0.